The van der Waals surface area contributed by atoms with Gasteiger partial charge in [0.2, 0.25) is 0 Å². The lowest BCUT2D eigenvalue weighted by Gasteiger charge is -2.17. The molecule has 4 atom stereocenters. The molecule has 1 saturated carbocycles. The zero-order valence-electron chi connectivity index (χ0n) is 23.5. The molecule has 5 rings (SSSR count). The number of benzene rings is 3. The number of halogens is 1. The highest BCUT2D eigenvalue weighted by Gasteiger charge is 2.60. The predicted octanol–water partition coefficient (Wildman–Crippen LogP) is 5.43. The van der Waals surface area contributed by atoms with Gasteiger partial charge in [-0.05, 0) is 109 Å². The number of hydrogen-bond acceptors (Lipinski definition) is 6. The summed E-state index contributed by atoms with van der Waals surface area (Å²) in [5, 5.41) is 18.6. The first-order valence-electron chi connectivity index (χ1n) is 14.0. The van der Waals surface area contributed by atoms with Crippen molar-refractivity contribution in [1.29, 1.82) is 0 Å². The minimum atomic E-state index is -0.939. The van der Waals surface area contributed by atoms with Crippen LogP contribution in [-0.2, 0) is 29.0 Å². The van der Waals surface area contributed by atoms with Crippen molar-refractivity contribution in [3.8, 4) is 22.6 Å². The number of esters is 1. The third-order valence-electron chi connectivity index (χ3n) is 8.12. The lowest BCUT2D eigenvalue weighted by Crippen LogP contribution is -2.21. The van der Waals surface area contributed by atoms with E-state index in [1.165, 1.54) is 17.2 Å². The van der Waals surface area contributed by atoms with Crippen LogP contribution in [0.3, 0.4) is 0 Å². The maximum absolute atomic E-state index is 14.9. The molecule has 0 bridgehead atoms. The van der Waals surface area contributed by atoms with Crippen molar-refractivity contribution in [3.05, 3.63) is 81.7 Å². The van der Waals surface area contributed by atoms with Gasteiger partial charge in [-0.15, -0.1) is 0 Å². The summed E-state index contributed by atoms with van der Waals surface area (Å²) < 4.78 is 32.0. The van der Waals surface area contributed by atoms with E-state index in [4.69, 9.17) is 19.3 Å². The largest absolute Gasteiger partial charge is 0.491 e. The number of hydrogen-bond donors (Lipinski definition) is 2. The highest BCUT2D eigenvalue weighted by atomic mass is 19.1. The smallest absolute Gasteiger partial charge is 0.309 e. The van der Waals surface area contributed by atoms with Crippen LogP contribution in [0.4, 0.5) is 4.39 Å². The van der Waals surface area contributed by atoms with Crippen LogP contribution in [0.25, 0.3) is 11.1 Å². The molecular formula is C33H37FO6. The zero-order valence-corrected chi connectivity index (χ0v) is 23.5. The fourth-order valence-corrected chi connectivity index (χ4v) is 6.15. The molecule has 6 nitrogen and oxygen atoms in total. The van der Waals surface area contributed by atoms with Gasteiger partial charge < -0.3 is 24.4 Å². The predicted molar refractivity (Wildman–Crippen MR) is 150 cm³/mol. The molecule has 2 N–H and O–H groups in total. The summed E-state index contributed by atoms with van der Waals surface area (Å²) in [4.78, 5) is 12.3. The number of carbonyl (C=O) groups is 1. The second kappa shape index (κ2) is 11.6. The Hall–Kier alpha value is -3.42. The number of aliphatic hydroxyl groups is 2. The van der Waals surface area contributed by atoms with Crippen molar-refractivity contribution in [3.63, 3.8) is 0 Å². The summed E-state index contributed by atoms with van der Waals surface area (Å²) in [7, 11) is 0. The van der Waals surface area contributed by atoms with Gasteiger partial charge in [-0.25, -0.2) is 4.39 Å². The van der Waals surface area contributed by atoms with Crippen LogP contribution in [0.15, 0.2) is 42.5 Å². The molecule has 1 fully saturated rings. The first-order chi connectivity index (χ1) is 19.2. The molecule has 0 amide bonds. The number of ether oxygens (including phenoxy) is 3. The van der Waals surface area contributed by atoms with Crippen molar-refractivity contribution in [1.82, 2.24) is 0 Å². The molecule has 0 aromatic heterocycles. The van der Waals surface area contributed by atoms with Crippen LogP contribution in [0.1, 0.15) is 53.1 Å². The molecule has 0 spiro atoms. The molecule has 2 aliphatic carbocycles. The van der Waals surface area contributed by atoms with E-state index >= 15 is 0 Å². The van der Waals surface area contributed by atoms with Gasteiger partial charge in [0, 0.05) is 11.5 Å². The highest BCUT2D eigenvalue weighted by molar-refractivity contribution is 5.80. The van der Waals surface area contributed by atoms with Gasteiger partial charge in [0.25, 0.3) is 0 Å². The Morgan fingerprint density at radius 1 is 1.05 bits per heavy atom. The molecule has 4 unspecified atom stereocenters. The fraction of sp³-hybridized carbons (Fsp3) is 0.424. The van der Waals surface area contributed by atoms with Crippen LogP contribution >= 0.6 is 0 Å². The number of rotatable bonds is 11. The number of fused-ring (bicyclic) bond motifs is 3. The molecule has 40 heavy (non-hydrogen) atoms. The lowest BCUT2D eigenvalue weighted by molar-refractivity contribution is -0.145. The highest BCUT2D eigenvalue weighted by Crippen LogP contribution is 2.62. The number of aliphatic hydroxyl groups excluding tert-OH is 2. The van der Waals surface area contributed by atoms with Crippen molar-refractivity contribution >= 4 is 5.97 Å². The van der Waals surface area contributed by atoms with E-state index in [9.17, 15) is 14.3 Å². The number of carbonyl (C=O) groups excluding carboxylic acids is 1. The molecule has 0 saturated heterocycles. The van der Waals surface area contributed by atoms with E-state index < -0.39 is 6.10 Å². The van der Waals surface area contributed by atoms with Gasteiger partial charge in [0.1, 0.15) is 36.6 Å². The Kier molecular flexibility index (Phi) is 8.15. The summed E-state index contributed by atoms with van der Waals surface area (Å²) >= 11 is 0. The van der Waals surface area contributed by atoms with E-state index in [2.05, 4.69) is 19.1 Å². The molecule has 7 heteroatoms. The maximum Gasteiger partial charge on any atom is 0.309 e. The molecular weight excluding hydrogens is 511 g/mol. The molecule has 0 radical (unpaired) electrons. The van der Waals surface area contributed by atoms with Gasteiger partial charge in [0.15, 0.2) is 0 Å². The molecule has 3 aromatic carbocycles. The Morgan fingerprint density at radius 2 is 1.80 bits per heavy atom. The van der Waals surface area contributed by atoms with Crippen LogP contribution < -0.4 is 9.47 Å². The van der Waals surface area contributed by atoms with Crippen molar-refractivity contribution in [2.45, 2.75) is 59.2 Å². The summed E-state index contributed by atoms with van der Waals surface area (Å²) in [6, 6.07) is 13.1. The molecule has 212 valence electrons. The van der Waals surface area contributed by atoms with Crippen molar-refractivity contribution in [2.24, 2.45) is 11.8 Å². The SMILES string of the molecule is CCOC(=O)C1C2Cc3cc(OCc4cc(-c5c(C)cc(OCC(O)CO)cc5C)ccc4F)c(CC)cc3C21. The van der Waals surface area contributed by atoms with Gasteiger partial charge in [-0.3, -0.25) is 4.79 Å². The van der Waals surface area contributed by atoms with Crippen LogP contribution in [-0.4, -0.2) is 42.1 Å². The maximum atomic E-state index is 14.9. The van der Waals surface area contributed by atoms with Crippen LogP contribution in [0, 0.1) is 31.5 Å². The average molecular weight is 549 g/mol. The van der Waals surface area contributed by atoms with E-state index in [1.54, 1.807) is 6.07 Å². The van der Waals surface area contributed by atoms with E-state index in [0.29, 0.717) is 23.8 Å². The average Bonchev–Trinajstić information content (AvgIpc) is 3.53. The van der Waals surface area contributed by atoms with Gasteiger partial charge in [0.05, 0.1) is 19.1 Å². The van der Waals surface area contributed by atoms with E-state index in [1.807, 2.05) is 39.0 Å². The Labute approximate surface area is 234 Å². The monoisotopic (exact) mass is 548 g/mol. The van der Waals surface area contributed by atoms with E-state index in [0.717, 1.165) is 46.4 Å². The lowest BCUT2D eigenvalue weighted by atomic mass is 9.94. The van der Waals surface area contributed by atoms with Crippen LogP contribution in [0.5, 0.6) is 11.5 Å². The first kappa shape index (κ1) is 28.1. The van der Waals surface area contributed by atoms with Crippen molar-refractivity contribution < 1.29 is 33.6 Å². The molecule has 0 aliphatic heterocycles. The first-order valence-corrected chi connectivity index (χ1v) is 14.0. The van der Waals surface area contributed by atoms with Gasteiger partial charge in [-0.2, -0.15) is 0 Å². The quantitative estimate of drug-likeness (QED) is 0.311. The van der Waals surface area contributed by atoms with Gasteiger partial charge in [-0.1, -0.05) is 19.1 Å². The zero-order chi connectivity index (χ0) is 28.6. The summed E-state index contributed by atoms with van der Waals surface area (Å²) in [6.07, 6.45) is 0.672. The Balaban J connectivity index is 1.33. The fourth-order valence-electron chi connectivity index (χ4n) is 6.15. The third-order valence-corrected chi connectivity index (χ3v) is 8.12. The Morgan fingerprint density at radius 3 is 2.48 bits per heavy atom. The van der Waals surface area contributed by atoms with E-state index in [-0.39, 0.29) is 43.4 Å². The summed E-state index contributed by atoms with van der Waals surface area (Å²) in [5.41, 5.74) is 7.73. The second-order valence-corrected chi connectivity index (χ2v) is 10.9. The topological polar surface area (TPSA) is 85.2 Å². The summed E-state index contributed by atoms with van der Waals surface area (Å²) in [6.45, 7) is 7.98. The Bertz CT molecular complexity index is 1390. The summed E-state index contributed by atoms with van der Waals surface area (Å²) in [5.74, 6) is 1.47. The van der Waals surface area contributed by atoms with Crippen LogP contribution in [0.2, 0.25) is 0 Å². The molecule has 0 heterocycles. The van der Waals surface area contributed by atoms with Gasteiger partial charge >= 0.3 is 5.97 Å². The standard InChI is InChI=1S/C33H37FO6/c1-5-20-12-26-22(13-27-31(26)32(27)33(37)38-6-2)14-29(20)40-16-23-11-21(7-8-28(23)34)30-18(3)9-25(10-19(30)4)39-17-24(36)15-35/h7-12,14,24,27,31-32,35-36H,5-6,13,15-17H2,1-4H3. The second-order valence-electron chi connectivity index (χ2n) is 10.9. The molecule has 2 aliphatic rings. The minimum Gasteiger partial charge on any atom is -0.491 e. The molecule has 3 aromatic rings. The minimum absolute atomic E-state index is 0.00247. The normalized spacial score (nSPS) is 19.5. The number of aryl methyl sites for hydroxylation is 3. The third kappa shape index (κ3) is 5.45. The van der Waals surface area contributed by atoms with Crippen molar-refractivity contribution in [2.75, 3.05) is 19.8 Å².